The Hall–Kier alpha value is -2.77. The summed E-state index contributed by atoms with van der Waals surface area (Å²) in [7, 11) is 5.99. The maximum absolute atomic E-state index is 13.5. The molecule has 1 aromatic heterocycles. The number of aliphatic imine (C=N–C) groups is 1. The number of dihydropyridines is 1. The second-order valence-corrected chi connectivity index (χ2v) is 10.2. The van der Waals surface area contributed by atoms with Gasteiger partial charge in [-0.1, -0.05) is 6.08 Å². The topological polar surface area (TPSA) is 67.3 Å². The van der Waals surface area contributed by atoms with Crippen molar-refractivity contribution in [1.82, 2.24) is 14.8 Å². The number of carbonyl (C=O) groups excluding carboxylic acids is 1. The first-order chi connectivity index (χ1) is 16.3. The zero-order valence-electron chi connectivity index (χ0n) is 20.6. The monoisotopic (exact) mass is 462 g/mol. The van der Waals surface area contributed by atoms with E-state index in [1.807, 2.05) is 25.5 Å². The van der Waals surface area contributed by atoms with Gasteiger partial charge in [0.1, 0.15) is 0 Å². The smallest absolute Gasteiger partial charge is 0.237 e. The average molecular weight is 463 g/mol. The van der Waals surface area contributed by atoms with Crippen molar-refractivity contribution in [3.8, 4) is 5.88 Å². The molecule has 0 saturated carbocycles. The first-order valence-electron chi connectivity index (χ1n) is 12.2. The van der Waals surface area contributed by atoms with Gasteiger partial charge < -0.3 is 19.3 Å². The van der Waals surface area contributed by atoms with Crippen LogP contribution in [0.3, 0.4) is 0 Å². The summed E-state index contributed by atoms with van der Waals surface area (Å²) >= 11 is 0. The molecule has 1 aromatic rings. The van der Waals surface area contributed by atoms with E-state index >= 15 is 0 Å². The number of aromatic nitrogens is 1. The lowest BCUT2D eigenvalue weighted by atomic mass is 9.65. The van der Waals surface area contributed by atoms with Crippen LogP contribution >= 0.6 is 0 Å². The highest BCUT2D eigenvalue weighted by molar-refractivity contribution is 6.03. The van der Waals surface area contributed by atoms with Crippen LogP contribution in [0.5, 0.6) is 5.88 Å². The molecule has 0 bridgehead atoms. The molecule has 3 aliphatic heterocycles. The van der Waals surface area contributed by atoms with Gasteiger partial charge in [-0.05, 0) is 81.1 Å². The van der Waals surface area contributed by atoms with Gasteiger partial charge in [0.2, 0.25) is 11.8 Å². The van der Waals surface area contributed by atoms with Crippen molar-refractivity contribution < 1.29 is 14.3 Å². The van der Waals surface area contributed by atoms with E-state index in [1.54, 1.807) is 4.90 Å². The SMILES string of the molecule is CN(C)CCCOc1ccc(C2=CCC3(C)N=CC4=C(C3=C2)C2(CCOCC2)C(=O)N4C)cn1. The lowest BCUT2D eigenvalue weighted by Crippen LogP contribution is -2.42. The Morgan fingerprint density at radius 2 is 2.03 bits per heavy atom. The number of carbonyl (C=O) groups is 1. The molecule has 180 valence electrons. The molecular formula is C27H34N4O3. The van der Waals surface area contributed by atoms with Gasteiger partial charge in [0.15, 0.2) is 0 Å². The molecule has 4 aliphatic rings. The van der Waals surface area contributed by atoms with Gasteiger partial charge in [-0.15, -0.1) is 0 Å². The van der Waals surface area contributed by atoms with Crippen LogP contribution in [0.25, 0.3) is 5.57 Å². The van der Waals surface area contributed by atoms with E-state index in [9.17, 15) is 4.79 Å². The Balaban J connectivity index is 1.43. The number of ether oxygens (including phenoxy) is 2. The second-order valence-electron chi connectivity index (χ2n) is 10.2. The third-order valence-corrected chi connectivity index (χ3v) is 7.57. The fourth-order valence-corrected chi connectivity index (χ4v) is 5.53. The Labute approximate surface area is 201 Å². The highest BCUT2D eigenvalue weighted by atomic mass is 16.5. The van der Waals surface area contributed by atoms with E-state index in [4.69, 9.17) is 14.5 Å². The van der Waals surface area contributed by atoms with Crippen molar-refractivity contribution in [3.05, 3.63) is 52.9 Å². The van der Waals surface area contributed by atoms with Gasteiger partial charge in [-0.25, -0.2) is 4.98 Å². The molecule has 7 heteroatoms. The Morgan fingerprint density at radius 1 is 1.24 bits per heavy atom. The van der Waals surface area contributed by atoms with Gasteiger partial charge in [0.05, 0.1) is 23.3 Å². The molecule has 1 spiro atoms. The maximum atomic E-state index is 13.5. The molecule has 0 N–H and O–H groups in total. The molecule has 7 nitrogen and oxygen atoms in total. The van der Waals surface area contributed by atoms with Gasteiger partial charge >= 0.3 is 0 Å². The van der Waals surface area contributed by atoms with Crippen molar-refractivity contribution in [3.63, 3.8) is 0 Å². The van der Waals surface area contributed by atoms with E-state index in [0.29, 0.717) is 25.7 Å². The molecule has 34 heavy (non-hydrogen) atoms. The lowest BCUT2D eigenvalue weighted by molar-refractivity contribution is -0.138. The van der Waals surface area contributed by atoms with Crippen molar-refractivity contribution in [1.29, 1.82) is 0 Å². The van der Waals surface area contributed by atoms with E-state index in [1.165, 1.54) is 0 Å². The summed E-state index contributed by atoms with van der Waals surface area (Å²) in [4.78, 5) is 26.9. The molecule has 1 atom stereocenters. The standard InChI is InChI=1S/C27H34N4O3/c1-26-9-8-19(20-6-7-23(28-17-20)34-13-5-12-30(2)3)16-21(26)24-22(18-29-26)31(4)25(32)27(24)10-14-33-15-11-27/h6-8,16-18H,5,9-15H2,1-4H3. The van der Waals surface area contributed by atoms with Crippen LogP contribution in [0.4, 0.5) is 0 Å². The average Bonchev–Trinajstić information content (AvgIpc) is 3.04. The highest BCUT2D eigenvalue weighted by Gasteiger charge is 2.56. The first-order valence-corrected chi connectivity index (χ1v) is 12.2. The van der Waals surface area contributed by atoms with Gasteiger partial charge in [0.25, 0.3) is 0 Å². The lowest BCUT2D eigenvalue weighted by Gasteiger charge is -2.41. The van der Waals surface area contributed by atoms with Crippen LogP contribution in [0.2, 0.25) is 0 Å². The van der Waals surface area contributed by atoms with Crippen LogP contribution in [-0.2, 0) is 9.53 Å². The van der Waals surface area contributed by atoms with Gasteiger partial charge in [-0.3, -0.25) is 9.79 Å². The zero-order chi connectivity index (χ0) is 23.9. The summed E-state index contributed by atoms with van der Waals surface area (Å²) in [6.07, 6.45) is 11.4. The Morgan fingerprint density at radius 3 is 2.74 bits per heavy atom. The summed E-state index contributed by atoms with van der Waals surface area (Å²) in [5.74, 6) is 0.818. The van der Waals surface area contributed by atoms with Crippen LogP contribution in [-0.4, -0.2) is 80.0 Å². The molecule has 4 heterocycles. The molecule has 1 aliphatic carbocycles. The van der Waals surface area contributed by atoms with Crippen molar-refractivity contribution in [2.75, 3.05) is 47.5 Å². The number of hydrogen-bond acceptors (Lipinski definition) is 6. The number of rotatable bonds is 6. The predicted molar refractivity (Wildman–Crippen MR) is 133 cm³/mol. The molecule has 1 amide bonds. The van der Waals surface area contributed by atoms with Crippen LogP contribution in [0.1, 0.15) is 38.2 Å². The molecule has 0 radical (unpaired) electrons. The van der Waals surface area contributed by atoms with Crippen LogP contribution in [0.15, 0.2) is 52.3 Å². The summed E-state index contributed by atoms with van der Waals surface area (Å²) in [6.45, 7) is 5.03. The fourth-order valence-electron chi connectivity index (χ4n) is 5.53. The minimum atomic E-state index is -0.507. The summed E-state index contributed by atoms with van der Waals surface area (Å²) in [6, 6.07) is 4.01. The zero-order valence-corrected chi connectivity index (χ0v) is 20.6. The minimum absolute atomic E-state index is 0.172. The van der Waals surface area contributed by atoms with Gasteiger partial charge in [-0.2, -0.15) is 0 Å². The number of amides is 1. The van der Waals surface area contributed by atoms with Crippen LogP contribution in [0, 0.1) is 5.41 Å². The molecule has 1 saturated heterocycles. The predicted octanol–water partition coefficient (Wildman–Crippen LogP) is 3.49. The number of allylic oxidation sites excluding steroid dienone is 3. The first kappa shape index (κ1) is 23.0. The minimum Gasteiger partial charge on any atom is -0.478 e. The van der Waals surface area contributed by atoms with Crippen LogP contribution < -0.4 is 4.74 Å². The number of hydrogen-bond donors (Lipinski definition) is 0. The number of pyridine rings is 1. The van der Waals surface area contributed by atoms with E-state index < -0.39 is 5.41 Å². The fraction of sp³-hybridized carbons (Fsp3) is 0.519. The molecule has 1 unspecified atom stereocenters. The van der Waals surface area contributed by atoms with E-state index in [2.05, 4.69) is 49.1 Å². The summed E-state index contributed by atoms with van der Waals surface area (Å²) in [5.41, 5.74) is 4.55. The molecular weight excluding hydrogens is 428 g/mol. The summed E-state index contributed by atoms with van der Waals surface area (Å²) in [5, 5.41) is 0. The van der Waals surface area contributed by atoms with E-state index in [-0.39, 0.29) is 11.4 Å². The van der Waals surface area contributed by atoms with E-state index in [0.717, 1.165) is 60.2 Å². The highest BCUT2D eigenvalue weighted by Crippen LogP contribution is 2.55. The number of nitrogens with zero attached hydrogens (tertiary/aromatic N) is 4. The normalized spacial score (nSPS) is 25.4. The third kappa shape index (κ3) is 3.81. The Bertz CT molecular complexity index is 1090. The maximum Gasteiger partial charge on any atom is 0.237 e. The molecule has 5 rings (SSSR count). The van der Waals surface area contributed by atoms with Gasteiger partial charge in [0, 0.05) is 45.3 Å². The largest absolute Gasteiger partial charge is 0.478 e. The van der Waals surface area contributed by atoms with Crippen molar-refractivity contribution >= 4 is 17.7 Å². The van der Waals surface area contributed by atoms with Crippen molar-refractivity contribution in [2.45, 2.75) is 38.1 Å². The number of fused-ring (bicyclic) bond motifs is 3. The molecule has 1 fully saturated rings. The second kappa shape index (κ2) is 8.78. The Kier molecular flexibility index (Phi) is 5.94. The summed E-state index contributed by atoms with van der Waals surface area (Å²) < 4.78 is 11.5. The molecule has 0 aromatic carbocycles. The third-order valence-electron chi connectivity index (χ3n) is 7.57. The quantitative estimate of drug-likeness (QED) is 0.606. The van der Waals surface area contributed by atoms with Crippen molar-refractivity contribution in [2.24, 2.45) is 10.4 Å².